The van der Waals surface area contributed by atoms with Crippen molar-refractivity contribution in [3.63, 3.8) is 0 Å². The summed E-state index contributed by atoms with van der Waals surface area (Å²) in [4.78, 5) is 14.6. The molecule has 2 atom stereocenters. The highest BCUT2D eigenvalue weighted by molar-refractivity contribution is 7.88. The van der Waals surface area contributed by atoms with Crippen LogP contribution in [0.3, 0.4) is 0 Å². The summed E-state index contributed by atoms with van der Waals surface area (Å²) in [6, 6.07) is 8.01. The summed E-state index contributed by atoms with van der Waals surface area (Å²) in [5.74, 6) is -0.0292. The van der Waals surface area contributed by atoms with Crippen molar-refractivity contribution in [2.24, 2.45) is 0 Å². The smallest absolute Gasteiger partial charge is 0.228 e. The third-order valence-electron chi connectivity index (χ3n) is 4.95. The molecule has 2 heterocycles. The minimum atomic E-state index is -3.36. The predicted molar refractivity (Wildman–Crippen MR) is 97.1 cm³/mol. The Labute approximate surface area is 149 Å². The van der Waals surface area contributed by atoms with Crippen molar-refractivity contribution in [2.45, 2.75) is 44.8 Å². The average Bonchev–Trinajstić information content (AvgIpc) is 3.16. The normalized spacial score (nSPS) is 23.2. The van der Waals surface area contributed by atoms with E-state index in [1.165, 1.54) is 16.1 Å². The number of anilines is 1. The number of ether oxygens (including phenoxy) is 1. The van der Waals surface area contributed by atoms with Gasteiger partial charge in [0.05, 0.1) is 12.4 Å². The molecule has 25 heavy (non-hydrogen) atoms. The van der Waals surface area contributed by atoms with Crippen molar-refractivity contribution in [3.8, 4) is 0 Å². The number of carbonyl (C=O) groups is 1. The van der Waals surface area contributed by atoms with Gasteiger partial charge in [-0.3, -0.25) is 4.79 Å². The zero-order chi connectivity index (χ0) is 18.0. The van der Waals surface area contributed by atoms with E-state index in [0.717, 1.165) is 24.9 Å². The van der Waals surface area contributed by atoms with Crippen molar-refractivity contribution >= 4 is 21.6 Å². The number of sulfonamides is 1. The number of carbonyl (C=O) groups excluding carboxylic acids is 1. The maximum absolute atomic E-state index is 12.8. The molecule has 1 aromatic carbocycles. The topological polar surface area (TPSA) is 66.9 Å². The molecule has 0 spiro atoms. The summed E-state index contributed by atoms with van der Waals surface area (Å²) >= 11 is 0. The Morgan fingerprint density at radius 1 is 1.36 bits per heavy atom. The van der Waals surface area contributed by atoms with Crippen LogP contribution < -0.4 is 4.90 Å². The van der Waals surface area contributed by atoms with E-state index in [1.54, 1.807) is 0 Å². The Bertz CT molecular complexity index is 728. The van der Waals surface area contributed by atoms with Crippen LogP contribution in [0.25, 0.3) is 0 Å². The number of hydrogen-bond donors (Lipinski definition) is 0. The zero-order valence-corrected chi connectivity index (χ0v) is 15.7. The Hall–Kier alpha value is -1.44. The molecule has 1 aromatic rings. The van der Waals surface area contributed by atoms with E-state index in [-0.39, 0.29) is 31.0 Å². The summed E-state index contributed by atoms with van der Waals surface area (Å²) < 4.78 is 31.1. The maximum Gasteiger partial charge on any atom is 0.228 e. The fourth-order valence-electron chi connectivity index (χ4n) is 3.69. The lowest BCUT2D eigenvalue weighted by molar-refractivity contribution is -0.119. The van der Waals surface area contributed by atoms with Gasteiger partial charge >= 0.3 is 0 Å². The summed E-state index contributed by atoms with van der Waals surface area (Å²) in [6.45, 7) is 3.24. The van der Waals surface area contributed by atoms with E-state index >= 15 is 0 Å². The van der Waals surface area contributed by atoms with Gasteiger partial charge in [0.15, 0.2) is 0 Å². The third-order valence-corrected chi connectivity index (χ3v) is 6.22. The van der Waals surface area contributed by atoms with Gasteiger partial charge < -0.3 is 9.64 Å². The Balaban J connectivity index is 1.65. The van der Waals surface area contributed by atoms with Crippen LogP contribution in [0.4, 0.5) is 5.69 Å². The highest BCUT2D eigenvalue weighted by atomic mass is 32.2. The summed E-state index contributed by atoms with van der Waals surface area (Å²) in [5, 5.41) is 0. The second kappa shape index (κ2) is 7.43. The van der Waals surface area contributed by atoms with Crippen LogP contribution in [0, 0.1) is 0 Å². The number of fused-ring (bicyclic) bond motifs is 1. The van der Waals surface area contributed by atoms with Gasteiger partial charge in [-0.15, -0.1) is 0 Å². The van der Waals surface area contributed by atoms with E-state index < -0.39 is 10.0 Å². The molecule has 0 saturated carbocycles. The van der Waals surface area contributed by atoms with E-state index in [2.05, 4.69) is 0 Å². The highest BCUT2D eigenvalue weighted by Crippen LogP contribution is 2.32. The van der Waals surface area contributed by atoms with E-state index in [4.69, 9.17) is 4.74 Å². The number of nitrogens with zero attached hydrogens (tertiary/aromatic N) is 2. The molecule has 1 saturated heterocycles. The zero-order valence-electron chi connectivity index (χ0n) is 14.8. The molecule has 2 aliphatic heterocycles. The van der Waals surface area contributed by atoms with Gasteiger partial charge in [0.2, 0.25) is 15.9 Å². The van der Waals surface area contributed by atoms with Gasteiger partial charge in [0.1, 0.15) is 0 Å². The molecule has 1 amide bonds. The van der Waals surface area contributed by atoms with Crippen LogP contribution in [-0.2, 0) is 26.0 Å². The van der Waals surface area contributed by atoms with Crippen LogP contribution in [-0.4, -0.2) is 56.7 Å². The molecule has 138 valence electrons. The molecule has 0 bridgehead atoms. The van der Waals surface area contributed by atoms with Crippen LogP contribution >= 0.6 is 0 Å². The van der Waals surface area contributed by atoms with Gasteiger partial charge in [-0.25, -0.2) is 8.42 Å². The number of amides is 1. The molecule has 0 N–H and O–H groups in total. The van der Waals surface area contributed by atoms with Gasteiger partial charge in [-0.1, -0.05) is 18.2 Å². The van der Waals surface area contributed by atoms with Crippen LogP contribution in [0.5, 0.6) is 0 Å². The Morgan fingerprint density at radius 3 is 2.80 bits per heavy atom. The van der Waals surface area contributed by atoms with E-state index in [0.29, 0.717) is 13.2 Å². The molecule has 0 aliphatic carbocycles. The van der Waals surface area contributed by atoms with E-state index in [1.807, 2.05) is 36.1 Å². The fourth-order valence-corrected chi connectivity index (χ4v) is 4.55. The van der Waals surface area contributed by atoms with Gasteiger partial charge in [0, 0.05) is 37.8 Å². The summed E-state index contributed by atoms with van der Waals surface area (Å²) in [7, 11) is -3.36. The van der Waals surface area contributed by atoms with Gasteiger partial charge in [-0.05, 0) is 37.8 Å². The Kier molecular flexibility index (Phi) is 5.46. The number of para-hydroxylation sites is 1. The second-order valence-electron chi connectivity index (χ2n) is 6.95. The maximum atomic E-state index is 12.8. The molecular weight excluding hydrogens is 340 g/mol. The molecule has 2 aliphatic rings. The molecular formula is C18H26N2O4S. The molecule has 6 nitrogen and oxygen atoms in total. The lowest BCUT2D eigenvalue weighted by Crippen LogP contribution is -2.41. The lowest BCUT2D eigenvalue weighted by Gasteiger charge is -2.26. The third kappa shape index (κ3) is 4.22. The average molecular weight is 366 g/mol. The largest absolute Gasteiger partial charge is 0.377 e. The Morgan fingerprint density at radius 2 is 2.12 bits per heavy atom. The first-order valence-corrected chi connectivity index (χ1v) is 10.7. The number of rotatable bonds is 6. The van der Waals surface area contributed by atoms with E-state index in [9.17, 15) is 13.2 Å². The van der Waals surface area contributed by atoms with Crippen molar-refractivity contribution in [2.75, 3.05) is 30.9 Å². The first-order chi connectivity index (χ1) is 11.9. The van der Waals surface area contributed by atoms with Crippen molar-refractivity contribution in [1.82, 2.24) is 4.31 Å². The predicted octanol–water partition coefficient (Wildman–Crippen LogP) is 1.79. The first kappa shape index (κ1) is 18.4. The molecule has 0 aromatic heterocycles. The standard InChI is InChI=1S/C18H26N2O4S/c1-14-12-15-6-3-4-8-17(15)20(14)18(21)9-10-19(25(2,22)23)13-16-7-5-11-24-16/h3-4,6,8,14,16H,5,7,9-13H2,1-2H3. The van der Waals surface area contributed by atoms with Crippen LogP contribution in [0.15, 0.2) is 24.3 Å². The SMILES string of the molecule is CC1Cc2ccccc2N1C(=O)CCN(CC1CCCO1)S(C)(=O)=O. The monoisotopic (exact) mass is 366 g/mol. The lowest BCUT2D eigenvalue weighted by atomic mass is 10.1. The fraction of sp³-hybridized carbons (Fsp3) is 0.611. The quantitative estimate of drug-likeness (QED) is 0.770. The first-order valence-electron chi connectivity index (χ1n) is 8.83. The second-order valence-corrected chi connectivity index (χ2v) is 8.93. The minimum absolute atomic E-state index is 0.0292. The van der Waals surface area contributed by atoms with Crippen molar-refractivity contribution in [3.05, 3.63) is 29.8 Å². The number of benzene rings is 1. The summed E-state index contributed by atoms with van der Waals surface area (Å²) in [6.07, 6.45) is 3.99. The van der Waals surface area contributed by atoms with Crippen LogP contribution in [0.1, 0.15) is 31.7 Å². The van der Waals surface area contributed by atoms with Gasteiger partial charge in [-0.2, -0.15) is 4.31 Å². The number of hydrogen-bond acceptors (Lipinski definition) is 4. The highest BCUT2D eigenvalue weighted by Gasteiger charge is 2.31. The minimum Gasteiger partial charge on any atom is -0.377 e. The van der Waals surface area contributed by atoms with Gasteiger partial charge in [0.25, 0.3) is 0 Å². The molecule has 7 heteroatoms. The van der Waals surface area contributed by atoms with Crippen LogP contribution in [0.2, 0.25) is 0 Å². The summed E-state index contributed by atoms with van der Waals surface area (Å²) in [5.41, 5.74) is 2.12. The van der Waals surface area contributed by atoms with Crippen molar-refractivity contribution in [1.29, 1.82) is 0 Å². The molecule has 0 radical (unpaired) electrons. The van der Waals surface area contributed by atoms with Crippen molar-refractivity contribution < 1.29 is 17.9 Å². The molecule has 2 unspecified atom stereocenters. The molecule has 3 rings (SSSR count). The molecule has 1 fully saturated rings.